The van der Waals surface area contributed by atoms with Gasteiger partial charge in [-0.3, -0.25) is 0 Å². The minimum absolute atomic E-state index is 0.238. The largest absolute Gasteiger partial charge is 0.385 e. The van der Waals surface area contributed by atoms with Crippen molar-refractivity contribution in [1.82, 2.24) is 0 Å². The van der Waals surface area contributed by atoms with Crippen molar-refractivity contribution in [3.8, 4) is 0 Å². The molecule has 1 aromatic rings. The Balaban J connectivity index is 2.53. The van der Waals surface area contributed by atoms with Crippen molar-refractivity contribution in [2.75, 3.05) is 11.9 Å². The average Bonchev–Trinajstić information content (AvgIpc) is 2.10. The number of aryl methyl sites for hydroxylation is 1. The number of rotatable bonds is 4. The maximum atomic E-state index is 5.89. The molecule has 3 N–H and O–H groups in total. The molecule has 2 nitrogen and oxygen atoms in total. The van der Waals surface area contributed by atoms with E-state index in [1.54, 1.807) is 0 Å². The third-order valence-corrected chi connectivity index (χ3v) is 2.35. The zero-order chi connectivity index (χ0) is 10.6. The highest BCUT2D eigenvalue weighted by atomic mass is 35.5. The molecule has 1 rings (SSSR count). The Morgan fingerprint density at radius 1 is 1.50 bits per heavy atom. The van der Waals surface area contributed by atoms with Crippen molar-refractivity contribution in [3.05, 3.63) is 28.8 Å². The minimum atomic E-state index is 0.238. The summed E-state index contributed by atoms with van der Waals surface area (Å²) in [5.41, 5.74) is 7.96. The molecule has 0 bridgehead atoms. The molecule has 0 heterocycles. The lowest BCUT2D eigenvalue weighted by molar-refractivity contribution is 0.690. The van der Waals surface area contributed by atoms with Gasteiger partial charge in [-0.15, -0.1) is 0 Å². The summed E-state index contributed by atoms with van der Waals surface area (Å²) in [6.07, 6.45) is 0.964. The third-order valence-electron chi connectivity index (χ3n) is 2.11. The Bertz CT molecular complexity index is 297. The highest BCUT2D eigenvalue weighted by Crippen LogP contribution is 2.19. The molecule has 0 aliphatic rings. The molecule has 0 aromatic heterocycles. The lowest BCUT2D eigenvalue weighted by Gasteiger charge is -2.11. The molecule has 0 saturated carbocycles. The molecule has 0 aliphatic carbocycles. The molecular formula is C11H17ClN2. The van der Waals surface area contributed by atoms with Crippen LogP contribution in [-0.4, -0.2) is 12.6 Å². The molecule has 1 unspecified atom stereocenters. The summed E-state index contributed by atoms with van der Waals surface area (Å²) in [6.45, 7) is 4.95. The summed E-state index contributed by atoms with van der Waals surface area (Å²) in [7, 11) is 0. The van der Waals surface area contributed by atoms with E-state index in [4.69, 9.17) is 17.3 Å². The van der Waals surface area contributed by atoms with E-state index >= 15 is 0 Å². The Kier molecular flexibility index (Phi) is 4.23. The van der Waals surface area contributed by atoms with Crippen molar-refractivity contribution in [1.29, 1.82) is 0 Å². The SMILES string of the molecule is Cc1ccc(Cl)cc1NCCC(C)N. The van der Waals surface area contributed by atoms with Gasteiger partial charge in [0.1, 0.15) is 0 Å². The topological polar surface area (TPSA) is 38.0 Å². The maximum Gasteiger partial charge on any atom is 0.0426 e. The first kappa shape index (κ1) is 11.3. The van der Waals surface area contributed by atoms with Gasteiger partial charge in [-0.2, -0.15) is 0 Å². The second-order valence-electron chi connectivity index (χ2n) is 3.65. The van der Waals surface area contributed by atoms with Crippen LogP contribution in [0.15, 0.2) is 18.2 Å². The molecule has 14 heavy (non-hydrogen) atoms. The van der Waals surface area contributed by atoms with Crippen LogP contribution in [0.1, 0.15) is 18.9 Å². The van der Waals surface area contributed by atoms with E-state index in [1.165, 1.54) is 5.56 Å². The van der Waals surface area contributed by atoms with Crippen LogP contribution in [0, 0.1) is 6.92 Å². The van der Waals surface area contributed by atoms with E-state index < -0.39 is 0 Å². The highest BCUT2D eigenvalue weighted by Gasteiger charge is 1.99. The zero-order valence-electron chi connectivity index (χ0n) is 8.68. The molecule has 0 saturated heterocycles. The summed E-state index contributed by atoms with van der Waals surface area (Å²) < 4.78 is 0. The Morgan fingerprint density at radius 2 is 2.21 bits per heavy atom. The molecule has 3 heteroatoms. The Labute approximate surface area is 90.4 Å². The number of benzene rings is 1. The van der Waals surface area contributed by atoms with E-state index in [2.05, 4.69) is 12.2 Å². The number of anilines is 1. The van der Waals surface area contributed by atoms with Crippen LogP contribution in [0.4, 0.5) is 5.69 Å². The van der Waals surface area contributed by atoms with Crippen LogP contribution in [-0.2, 0) is 0 Å². The van der Waals surface area contributed by atoms with Crippen molar-refractivity contribution in [3.63, 3.8) is 0 Å². The highest BCUT2D eigenvalue weighted by molar-refractivity contribution is 6.30. The fourth-order valence-corrected chi connectivity index (χ4v) is 1.39. The summed E-state index contributed by atoms with van der Waals surface area (Å²) in [6, 6.07) is 6.09. The predicted molar refractivity (Wildman–Crippen MR) is 62.9 cm³/mol. The second-order valence-corrected chi connectivity index (χ2v) is 4.09. The van der Waals surface area contributed by atoms with E-state index in [0.29, 0.717) is 0 Å². The average molecular weight is 213 g/mol. The van der Waals surface area contributed by atoms with Crippen LogP contribution in [0.25, 0.3) is 0 Å². The first-order valence-corrected chi connectivity index (χ1v) is 5.23. The summed E-state index contributed by atoms with van der Waals surface area (Å²) in [4.78, 5) is 0. The summed E-state index contributed by atoms with van der Waals surface area (Å²) in [5.74, 6) is 0. The van der Waals surface area contributed by atoms with Gasteiger partial charge in [0, 0.05) is 23.3 Å². The van der Waals surface area contributed by atoms with Crippen LogP contribution in [0.2, 0.25) is 5.02 Å². The van der Waals surface area contributed by atoms with Crippen molar-refractivity contribution in [2.24, 2.45) is 5.73 Å². The monoisotopic (exact) mass is 212 g/mol. The van der Waals surface area contributed by atoms with E-state index in [1.807, 2.05) is 25.1 Å². The molecule has 0 aliphatic heterocycles. The number of nitrogens with one attached hydrogen (secondary N) is 1. The molecule has 0 fully saturated rings. The molecule has 78 valence electrons. The van der Waals surface area contributed by atoms with E-state index in [9.17, 15) is 0 Å². The number of halogens is 1. The normalized spacial score (nSPS) is 12.6. The minimum Gasteiger partial charge on any atom is -0.385 e. The summed E-state index contributed by atoms with van der Waals surface area (Å²) in [5, 5.41) is 4.08. The van der Waals surface area contributed by atoms with Crippen LogP contribution in [0.5, 0.6) is 0 Å². The smallest absolute Gasteiger partial charge is 0.0426 e. The van der Waals surface area contributed by atoms with Gasteiger partial charge in [-0.05, 0) is 38.0 Å². The standard InChI is InChI=1S/C11H17ClN2/c1-8-3-4-10(12)7-11(8)14-6-5-9(2)13/h3-4,7,9,14H,5-6,13H2,1-2H3. The lowest BCUT2D eigenvalue weighted by atomic mass is 10.2. The molecule has 0 amide bonds. The summed E-state index contributed by atoms with van der Waals surface area (Å²) >= 11 is 5.89. The fourth-order valence-electron chi connectivity index (χ4n) is 1.22. The van der Waals surface area contributed by atoms with E-state index in [0.717, 1.165) is 23.7 Å². The van der Waals surface area contributed by atoms with Crippen LogP contribution in [0.3, 0.4) is 0 Å². The number of hydrogen-bond acceptors (Lipinski definition) is 2. The van der Waals surface area contributed by atoms with E-state index in [-0.39, 0.29) is 6.04 Å². The molecule has 1 atom stereocenters. The zero-order valence-corrected chi connectivity index (χ0v) is 9.43. The van der Waals surface area contributed by atoms with Crippen molar-refractivity contribution < 1.29 is 0 Å². The molecule has 0 radical (unpaired) electrons. The molecule has 1 aromatic carbocycles. The van der Waals surface area contributed by atoms with Gasteiger partial charge < -0.3 is 11.1 Å². The lowest BCUT2D eigenvalue weighted by Crippen LogP contribution is -2.19. The second kappa shape index (κ2) is 5.23. The van der Waals surface area contributed by atoms with Gasteiger partial charge in [-0.1, -0.05) is 17.7 Å². The first-order valence-electron chi connectivity index (χ1n) is 4.85. The van der Waals surface area contributed by atoms with Crippen LogP contribution >= 0.6 is 11.6 Å². The Morgan fingerprint density at radius 3 is 2.86 bits per heavy atom. The van der Waals surface area contributed by atoms with Gasteiger partial charge in [0.05, 0.1) is 0 Å². The molecular weight excluding hydrogens is 196 g/mol. The molecule has 0 spiro atoms. The number of nitrogens with two attached hydrogens (primary N) is 1. The van der Waals surface area contributed by atoms with Gasteiger partial charge in [-0.25, -0.2) is 0 Å². The van der Waals surface area contributed by atoms with Crippen molar-refractivity contribution >= 4 is 17.3 Å². The quantitative estimate of drug-likeness (QED) is 0.806. The van der Waals surface area contributed by atoms with Gasteiger partial charge in [0.15, 0.2) is 0 Å². The predicted octanol–water partition coefficient (Wildman–Crippen LogP) is 2.80. The Hall–Kier alpha value is -0.730. The number of hydrogen-bond donors (Lipinski definition) is 2. The maximum absolute atomic E-state index is 5.89. The van der Waals surface area contributed by atoms with Crippen LogP contribution < -0.4 is 11.1 Å². The van der Waals surface area contributed by atoms with Gasteiger partial charge in [0.2, 0.25) is 0 Å². The third kappa shape index (κ3) is 3.56. The first-order chi connectivity index (χ1) is 6.59. The fraction of sp³-hybridized carbons (Fsp3) is 0.455. The van der Waals surface area contributed by atoms with Crippen molar-refractivity contribution in [2.45, 2.75) is 26.3 Å². The van der Waals surface area contributed by atoms with Gasteiger partial charge >= 0.3 is 0 Å². The van der Waals surface area contributed by atoms with Gasteiger partial charge in [0.25, 0.3) is 0 Å².